The van der Waals surface area contributed by atoms with Crippen molar-refractivity contribution in [1.29, 1.82) is 0 Å². The summed E-state index contributed by atoms with van der Waals surface area (Å²) >= 11 is 9.43. The molecule has 3 rings (SSSR count). The highest BCUT2D eigenvalue weighted by Crippen LogP contribution is 2.24. The van der Waals surface area contributed by atoms with E-state index in [0.717, 1.165) is 15.7 Å². The molecule has 0 fully saturated rings. The van der Waals surface area contributed by atoms with Gasteiger partial charge in [0.15, 0.2) is 10.8 Å². The third-order valence-corrected chi connectivity index (χ3v) is 3.21. The van der Waals surface area contributed by atoms with Gasteiger partial charge in [0.1, 0.15) is 0 Å². The second kappa shape index (κ2) is 4.13. The maximum absolute atomic E-state index is 5.99. The van der Waals surface area contributed by atoms with Gasteiger partial charge in [0.2, 0.25) is 0 Å². The molecule has 0 atom stereocenters. The number of rotatable bonds is 1. The smallest absolute Gasteiger partial charge is 0.175 e. The van der Waals surface area contributed by atoms with Crippen LogP contribution in [-0.4, -0.2) is 14.4 Å². The Morgan fingerprint density at radius 2 is 2.18 bits per heavy atom. The third-order valence-electron chi connectivity index (χ3n) is 2.45. The zero-order chi connectivity index (χ0) is 11.8. The Hall–Kier alpha value is -1.39. The van der Waals surface area contributed by atoms with Gasteiger partial charge in [-0.25, -0.2) is 9.97 Å². The number of nitrogens with zero attached hydrogens (tertiary/aromatic N) is 3. The third kappa shape index (κ3) is 1.94. The van der Waals surface area contributed by atoms with Crippen LogP contribution < -0.4 is 0 Å². The van der Waals surface area contributed by atoms with Crippen LogP contribution in [0.25, 0.3) is 16.9 Å². The molecule has 5 heteroatoms. The molecule has 0 saturated heterocycles. The van der Waals surface area contributed by atoms with Gasteiger partial charge in [-0.05, 0) is 12.1 Å². The molecule has 0 amide bonds. The van der Waals surface area contributed by atoms with E-state index in [-0.39, 0.29) is 0 Å². The van der Waals surface area contributed by atoms with Crippen molar-refractivity contribution in [1.82, 2.24) is 14.4 Å². The van der Waals surface area contributed by atoms with Gasteiger partial charge in [-0.15, -0.1) is 0 Å². The Labute approximate surface area is 111 Å². The molecule has 3 nitrogen and oxygen atoms in total. The standard InChI is InChI=1S/C12H7BrClN3/c13-9-3-1-2-8(6-9)10-7-17-5-4-15-11(14)12(17)16-10/h1-7H. The molecule has 0 radical (unpaired) electrons. The summed E-state index contributed by atoms with van der Waals surface area (Å²) in [6.07, 6.45) is 5.42. The molecule has 0 N–H and O–H groups in total. The van der Waals surface area contributed by atoms with Gasteiger partial charge in [0, 0.05) is 28.6 Å². The van der Waals surface area contributed by atoms with Crippen molar-refractivity contribution >= 4 is 33.2 Å². The minimum Gasteiger partial charge on any atom is -0.302 e. The first-order valence-electron chi connectivity index (χ1n) is 4.99. The van der Waals surface area contributed by atoms with Gasteiger partial charge in [-0.2, -0.15) is 0 Å². The first-order chi connectivity index (χ1) is 8.24. The highest BCUT2D eigenvalue weighted by Gasteiger charge is 2.07. The van der Waals surface area contributed by atoms with Gasteiger partial charge < -0.3 is 4.40 Å². The second-order valence-corrected chi connectivity index (χ2v) is 4.86. The summed E-state index contributed by atoms with van der Waals surface area (Å²) in [5, 5.41) is 0.411. The van der Waals surface area contributed by atoms with E-state index < -0.39 is 0 Å². The van der Waals surface area contributed by atoms with Gasteiger partial charge in [0.05, 0.1) is 5.69 Å². The highest BCUT2D eigenvalue weighted by molar-refractivity contribution is 9.10. The molecule has 0 spiro atoms. The molecule has 2 aromatic heterocycles. The van der Waals surface area contributed by atoms with Gasteiger partial charge >= 0.3 is 0 Å². The van der Waals surface area contributed by atoms with E-state index in [1.807, 2.05) is 41.1 Å². The van der Waals surface area contributed by atoms with Crippen molar-refractivity contribution in [2.75, 3.05) is 0 Å². The minimum absolute atomic E-state index is 0.411. The van der Waals surface area contributed by atoms with Crippen molar-refractivity contribution in [3.05, 3.63) is 52.5 Å². The van der Waals surface area contributed by atoms with Gasteiger partial charge in [-0.1, -0.05) is 39.7 Å². The van der Waals surface area contributed by atoms with Gasteiger partial charge in [0.25, 0.3) is 0 Å². The van der Waals surface area contributed by atoms with E-state index >= 15 is 0 Å². The summed E-state index contributed by atoms with van der Waals surface area (Å²) < 4.78 is 2.89. The van der Waals surface area contributed by atoms with E-state index in [2.05, 4.69) is 25.9 Å². The molecule has 0 aliphatic rings. The molecule has 0 aliphatic heterocycles. The fourth-order valence-electron chi connectivity index (χ4n) is 1.68. The number of fused-ring (bicyclic) bond motifs is 1. The molecule has 0 aliphatic carbocycles. The fourth-order valence-corrected chi connectivity index (χ4v) is 2.27. The van der Waals surface area contributed by atoms with E-state index in [1.165, 1.54) is 0 Å². The minimum atomic E-state index is 0.411. The number of imidazole rings is 1. The van der Waals surface area contributed by atoms with E-state index in [0.29, 0.717) is 10.8 Å². The van der Waals surface area contributed by atoms with Crippen LogP contribution in [0.2, 0.25) is 5.15 Å². The zero-order valence-corrected chi connectivity index (χ0v) is 11.0. The van der Waals surface area contributed by atoms with Crippen molar-refractivity contribution in [3.8, 4) is 11.3 Å². The SMILES string of the molecule is Clc1nccn2cc(-c3cccc(Br)c3)nc12. The number of halogens is 2. The molecular weight excluding hydrogens is 302 g/mol. The van der Waals surface area contributed by atoms with Crippen molar-refractivity contribution < 1.29 is 0 Å². The summed E-state index contributed by atoms with van der Waals surface area (Å²) in [7, 11) is 0. The molecule has 0 unspecified atom stereocenters. The quantitative estimate of drug-likeness (QED) is 0.684. The highest BCUT2D eigenvalue weighted by atomic mass is 79.9. The van der Waals surface area contributed by atoms with Crippen LogP contribution in [0.15, 0.2) is 47.3 Å². The first-order valence-corrected chi connectivity index (χ1v) is 6.16. The summed E-state index contributed by atoms with van der Waals surface area (Å²) in [5.41, 5.74) is 2.59. The Bertz CT molecular complexity index is 693. The Morgan fingerprint density at radius 3 is 2.94 bits per heavy atom. The monoisotopic (exact) mass is 307 g/mol. The van der Waals surface area contributed by atoms with Crippen molar-refractivity contribution in [2.24, 2.45) is 0 Å². The van der Waals surface area contributed by atoms with Crippen molar-refractivity contribution in [2.45, 2.75) is 0 Å². The molecule has 2 heterocycles. The Morgan fingerprint density at radius 1 is 1.29 bits per heavy atom. The molecule has 0 saturated carbocycles. The van der Waals surface area contributed by atoms with Crippen LogP contribution in [0.3, 0.4) is 0 Å². The normalized spacial score (nSPS) is 10.9. The lowest BCUT2D eigenvalue weighted by Gasteiger charge is -1.95. The summed E-state index contributed by atoms with van der Waals surface area (Å²) in [6, 6.07) is 7.98. The average Bonchev–Trinajstić information content (AvgIpc) is 2.74. The topological polar surface area (TPSA) is 30.2 Å². The predicted molar refractivity (Wildman–Crippen MR) is 71.1 cm³/mol. The lowest BCUT2D eigenvalue weighted by atomic mass is 10.2. The summed E-state index contributed by atoms with van der Waals surface area (Å²) in [4.78, 5) is 8.48. The van der Waals surface area contributed by atoms with Crippen LogP contribution in [-0.2, 0) is 0 Å². The van der Waals surface area contributed by atoms with E-state index in [9.17, 15) is 0 Å². The molecule has 17 heavy (non-hydrogen) atoms. The molecule has 84 valence electrons. The van der Waals surface area contributed by atoms with Crippen LogP contribution >= 0.6 is 27.5 Å². The van der Waals surface area contributed by atoms with Crippen LogP contribution in [0.4, 0.5) is 0 Å². The van der Waals surface area contributed by atoms with Crippen LogP contribution in [0.5, 0.6) is 0 Å². The fraction of sp³-hybridized carbons (Fsp3) is 0. The van der Waals surface area contributed by atoms with E-state index in [4.69, 9.17) is 11.6 Å². The van der Waals surface area contributed by atoms with E-state index in [1.54, 1.807) is 6.20 Å². The summed E-state index contributed by atoms with van der Waals surface area (Å²) in [6.45, 7) is 0. The lowest BCUT2D eigenvalue weighted by Crippen LogP contribution is -1.84. The molecule has 3 aromatic rings. The maximum Gasteiger partial charge on any atom is 0.175 e. The van der Waals surface area contributed by atoms with Crippen LogP contribution in [0.1, 0.15) is 0 Å². The average molecular weight is 309 g/mol. The number of hydrogen-bond acceptors (Lipinski definition) is 2. The summed E-state index contributed by atoms with van der Waals surface area (Å²) in [5.74, 6) is 0. The second-order valence-electron chi connectivity index (χ2n) is 3.59. The Balaban J connectivity index is 2.22. The molecule has 1 aromatic carbocycles. The maximum atomic E-state index is 5.99. The van der Waals surface area contributed by atoms with Gasteiger partial charge in [-0.3, -0.25) is 0 Å². The van der Waals surface area contributed by atoms with Crippen molar-refractivity contribution in [3.63, 3.8) is 0 Å². The number of benzene rings is 1. The Kier molecular flexibility index (Phi) is 2.61. The number of hydrogen-bond donors (Lipinski definition) is 0. The molecule has 0 bridgehead atoms. The molecular formula is C12H7BrClN3. The lowest BCUT2D eigenvalue weighted by molar-refractivity contribution is 1.13. The largest absolute Gasteiger partial charge is 0.302 e. The zero-order valence-electron chi connectivity index (χ0n) is 8.64. The predicted octanol–water partition coefficient (Wildman–Crippen LogP) is 3.81. The first kappa shape index (κ1) is 10.7. The number of aromatic nitrogens is 3. The van der Waals surface area contributed by atoms with Crippen LogP contribution in [0, 0.1) is 0 Å².